The number of carbonyl (C=O) groups excluding carboxylic acids is 1. The first-order chi connectivity index (χ1) is 5.64. The summed E-state index contributed by atoms with van der Waals surface area (Å²) in [6.07, 6.45) is 1.76. The Morgan fingerprint density at radius 1 is 1.75 bits per heavy atom. The lowest BCUT2D eigenvalue weighted by Crippen LogP contribution is -2.42. The lowest BCUT2D eigenvalue weighted by molar-refractivity contribution is -0.126. The molecule has 0 aromatic heterocycles. The molecule has 1 aliphatic rings. The first-order valence-electron chi connectivity index (χ1n) is 4.26. The van der Waals surface area contributed by atoms with Crippen LogP contribution in [0.3, 0.4) is 0 Å². The predicted molar refractivity (Wildman–Crippen MR) is 45.4 cm³/mol. The molecule has 1 saturated carbocycles. The summed E-state index contributed by atoms with van der Waals surface area (Å²) in [7, 11) is 0. The lowest BCUT2D eigenvalue weighted by Gasteiger charge is -2.16. The van der Waals surface area contributed by atoms with Crippen LogP contribution in [0.2, 0.25) is 0 Å². The summed E-state index contributed by atoms with van der Waals surface area (Å²) < 4.78 is 0. The molecule has 1 atom stereocenters. The maximum Gasteiger partial charge on any atom is 0.227 e. The highest BCUT2D eigenvalue weighted by molar-refractivity contribution is 5.85. The number of hydrogen-bond acceptors (Lipinski definition) is 3. The maximum atomic E-state index is 11.4. The van der Waals surface area contributed by atoms with Crippen LogP contribution in [0.25, 0.3) is 0 Å². The van der Waals surface area contributed by atoms with Crippen molar-refractivity contribution in [1.82, 2.24) is 5.32 Å². The van der Waals surface area contributed by atoms with E-state index in [0.29, 0.717) is 6.54 Å². The number of hydrogen-bond donors (Lipinski definition) is 3. The summed E-state index contributed by atoms with van der Waals surface area (Å²) in [6, 6.07) is -0.165. The molecule has 1 aliphatic carbocycles. The summed E-state index contributed by atoms with van der Waals surface area (Å²) in [5, 5.41) is 11.4. The van der Waals surface area contributed by atoms with E-state index in [9.17, 15) is 4.79 Å². The molecular weight excluding hydrogens is 156 g/mol. The second-order valence-corrected chi connectivity index (χ2v) is 3.54. The Hall–Kier alpha value is -0.610. The van der Waals surface area contributed by atoms with Gasteiger partial charge in [-0.1, -0.05) is 0 Å². The van der Waals surface area contributed by atoms with Crippen LogP contribution in [0.5, 0.6) is 0 Å². The molecule has 70 valence electrons. The number of nitrogens with one attached hydrogen (secondary N) is 1. The number of aliphatic hydroxyl groups is 1. The Morgan fingerprint density at radius 3 is 2.67 bits per heavy atom. The maximum absolute atomic E-state index is 11.4. The van der Waals surface area contributed by atoms with Gasteiger partial charge in [0.2, 0.25) is 5.91 Å². The zero-order valence-corrected chi connectivity index (χ0v) is 7.34. The van der Waals surface area contributed by atoms with Gasteiger partial charge in [0.15, 0.2) is 0 Å². The summed E-state index contributed by atoms with van der Waals surface area (Å²) in [6.45, 7) is 2.16. The highest BCUT2D eigenvalue weighted by atomic mass is 16.3. The summed E-state index contributed by atoms with van der Waals surface area (Å²) in [5.74, 6) is -0.00782. The standard InChI is InChI=1S/C8H16N2O2/c1-6(4-11)10-7(12)8(5-9)2-3-8/h6,11H,2-5,9H2,1H3,(H,10,12). The first kappa shape index (κ1) is 9.48. The van der Waals surface area contributed by atoms with E-state index >= 15 is 0 Å². The number of rotatable bonds is 4. The fourth-order valence-corrected chi connectivity index (χ4v) is 1.10. The second-order valence-electron chi connectivity index (χ2n) is 3.54. The van der Waals surface area contributed by atoms with E-state index in [2.05, 4.69) is 5.32 Å². The molecule has 4 heteroatoms. The van der Waals surface area contributed by atoms with Crippen molar-refractivity contribution in [3.8, 4) is 0 Å². The van der Waals surface area contributed by atoms with Crippen LogP contribution in [0, 0.1) is 5.41 Å². The molecule has 0 aromatic carbocycles. The quantitative estimate of drug-likeness (QED) is 0.521. The molecule has 0 radical (unpaired) electrons. The highest BCUT2D eigenvalue weighted by Gasteiger charge is 2.48. The van der Waals surface area contributed by atoms with Crippen molar-refractivity contribution in [3.63, 3.8) is 0 Å². The molecule has 4 nitrogen and oxygen atoms in total. The van der Waals surface area contributed by atoms with Gasteiger partial charge < -0.3 is 16.2 Å². The topological polar surface area (TPSA) is 75.3 Å². The minimum atomic E-state index is -0.302. The van der Waals surface area contributed by atoms with Crippen molar-refractivity contribution in [2.75, 3.05) is 13.2 Å². The van der Waals surface area contributed by atoms with Gasteiger partial charge in [0, 0.05) is 12.6 Å². The van der Waals surface area contributed by atoms with Crippen molar-refractivity contribution >= 4 is 5.91 Å². The van der Waals surface area contributed by atoms with E-state index < -0.39 is 0 Å². The molecule has 0 heterocycles. The number of aliphatic hydroxyl groups excluding tert-OH is 1. The molecule has 0 aromatic rings. The normalized spacial score (nSPS) is 21.6. The van der Waals surface area contributed by atoms with Crippen LogP contribution in [-0.4, -0.2) is 30.2 Å². The van der Waals surface area contributed by atoms with Gasteiger partial charge in [-0.2, -0.15) is 0 Å². The Labute approximate surface area is 72.1 Å². The molecule has 1 rings (SSSR count). The molecule has 0 saturated heterocycles. The van der Waals surface area contributed by atoms with Crippen LogP contribution in [0.15, 0.2) is 0 Å². The molecule has 1 unspecified atom stereocenters. The molecule has 4 N–H and O–H groups in total. The average Bonchev–Trinajstić information content (AvgIpc) is 2.84. The van der Waals surface area contributed by atoms with Gasteiger partial charge in [-0.3, -0.25) is 4.79 Å². The molecule has 0 spiro atoms. The fraction of sp³-hybridized carbons (Fsp3) is 0.875. The first-order valence-corrected chi connectivity index (χ1v) is 4.26. The van der Waals surface area contributed by atoms with Crippen molar-refractivity contribution in [2.24, 2.45) is 11.1 Å². The van der Waals surface area contributed by atoms with E-state index in [1.54, 1.807) is 6.92 Å². The second kappa shape index (κ2) is 3.41. The van der Waals surface area contributed by atoms with Gasteiger partial charge in [0.1, 0.15) is 0 Å². The zero-order valence-electron chi connectivity index (χ0n) is 7.34. The highest BCUT2D eigenvalue weighted by Crippen LogP contribution is 2.44. The van der Waals surface area contributed by atoms with Crippen molar-refractivity contribution in [3.05, 3.63) is 0 Å². The molecule has 1 fully saturated rings. The van der Waals surface area contributed by atoms with Gasteiger partial charge in [-0.05, 0) is 19.8 Å². The number of carbonyl (C=O) groups is 1. The van der Waals surface area contributed by atoms with E-state index in [1.165, 1.54) is 0 Å². The Kier molecular flexibility index (Phi) is 2.69. The van der Waals surface area contributed by atoms with E-state index in [1.807, 2.05) is 0 Å². The van der Waals surface area contributed by atoms with Crippen molar-refractivity contribution < 1.29 is 9.90 Å². The van der Waals surface area contributed by atoms with Crippen LogP contribution in [0.1, 0.15) is 19.8 Å². The van der Waals surface area contributed by atoms with Gasteiger partial charge in [-0.25, -0.2) is 0 Å². The van der Waals surface area contributed by atoms with Crippen LogP contribution < -0.4 is 11.1 Å². The average molecular weight is 172 g/mol. The fourth-order valence-electron chi connectivity index (χ4n) is 1.10. The predicted octanol–water partition coefficient (Wildman–Crippen LogP) is -0.778. The Bertz CT molecular complexity index is 178. The van der Waals surface area contributed by atoms with Crippen molar-refractivity contribution in [2.45, 2.75) is 25.8 Å². The molecule has 0 bridgehead atoms. The Morgan fingerprint density at radius 2 is 2.33 bits per heavy atom. The van der Waals surface area contributed by atoms with E-state index in [-0.39, 0.29) is 24.0 Å². The zero-order chi connectivity index (χ0) is 9.19. The van der Waals surface area contributed by atoms with Gasteiger partial charge >= 0.3 is 0 Å². The number of amides is 1. The van der Waals surface area contributed by atoms with Gasteiger partial charge in [-0.15, -0.1) is 0 Å². The third-order valence-electron chi connectivity index (χ3n) is 2.38. The SMILES string of the molecule is CC(CO)NC(=O)C1(CN)CC1. The van der Waals surface area contributed by atoms with Crippen molar-refractivity contribution in [1.29, 1.82) is 0 Å². The van der Waals surface area contributed by atoms with E-state index in [4.69, 9.17) is 10.8 Å². The smallest absolute Gasteiger partial charge is 0.227 e. The third-order valence-corrected chi connectivity index (χ3v) is 2.38. The summed E-state index contributed by atoms with van der Waals surface area (Å²) in [5.41, 5.74) is 5.16. The lowest BCUT2D eigenvalue weighted by atomic mass is 10.1. The minimum Gasteiger partial charge on any atom is -0.394 e. The third kappa shape index (κ3) is 1.76. The summed E-state index contributed by atoms with van der Waals surface area (Å²) >= 11 is 0. The van der Waals surface area contributed by atoms with Crippen LogP contribution >= 0.6 is 0 Å². The minimum absolute atomic E-state index is 0.00782. The molecular formula is C8H16N2O2. The van der Waals surface area contributed by atoms with Crippen LogP contribution in [-0.2, 0) is 4.79 Å². The molecule has 1 amide bonds. The summed E-state index contributed by atoms with van der Waals surface area (Å²) in [4.78, 5) is 11.4. The number of nitrogens with two attached hydrogens (primary N) is 1. The van der Waals surface area contributed by atoms with E-state index in [0.717, 1.165) is 12.8 Å². The van der Waals surface area contributed by atoms with Crippen LogP contribution in [0.4, 0.5) is 0 Å². The van der Waals surface area contributed by atoms with Gasteiger partial charge in [0.25, 0.3) is 0 Å². The monoisotopic (exact) mass is 172 g/mol. The molecule has 0 aliphatic heterocycles. The Balaban J connectivity index is 2.38. The molecule has 12 heavy (non-hydrogen) atoms. The largest absolute Gasteiger partial charge is 0.394 e. The van der Waals surface area contributed by atoms with Gasteiger partial charge in [0.05, 0.1) is 12.0 Å².